The van der Waals surface area contributed by atoms with Crippen LogP contribution in [0.25, 0.3) is 0 Å². The quantitative estimate of drug-likeness (QED) is 0.593. The van der Waals surface area contributed by atoms with Crippen molar-refractivity contribution in [2.75, 3.05) is 19.3 Å². The Morgan fingerprint density at radius 2 is 2.05 bits per heavy atom. The fourth-order valence-electron chi connectivity index (χ4n) is 1.44. The van der Waals surface area contributed by atoms with Crippen LogP contribution in [0.4, 0.5) is 4.39 Å². The van der Waals surface area contributed by atoms with Crippen molar-refractivity contribution in [3.8, 4) is 0 Å². The molecule has 0 radical (unpaired) electrons. The third-order valence-corrected chi connectivity index (χ3v) is 3.78. The van der Waals surface area contributed by atoms with Gasteiger partial charge in [0.1, 0.15) is 5.82 Å². The van der Waals surface area contributed by atoms with E-state index < -0.39 is 5.82 Å². The highest BCUT2D eigenvalue weighted by molar-refractivity contribution is 8.00. The van der Waals surface area contributed by atoms with Crippen LogP contribution in [0.5, 0.6) is 0 Å². The average Bonchev–Trinajstić information content (AvgIpc) is 2.42. The van der Waals surface area contributed by atoms with Gasteiger partial charge in [0, 0.05) is 17.5 Å². The van der Waals surface area contributed by atoms with Gasteiger partial charge in [0.05, 0.1) is 11.3 Å². The standard InChI is InChI=1S/C14H19FN2O2S.ClH/c1-9(16-3)7-17-14(19)8-20-11-4-5-12(10(2)18)13(15)6-11;/h4-6,9,16H,7-8H2,1-3H3,(H,17,19);1H. The third-order valence-electron chi connectivity index (χ3n) is 2.79. The molecule has 0 bridgehead atoms. The predicted octanol–water partition coefficient (Wildman–Crippen LogP) is 2.27. The Morgan fingerprint density at radius 1 is 1.38 bits per heavy atom. The van der Waals surface area contributed by atoms with Crippen molar-refractivity contribution in [1.29, 1.82) is 0 Å². The first-order valence-corrected chi connectivity index (χ1v) is 7.30. The van der Waals surface area contributed by atoms with Crippen molar-refractivity contribution in [3.05, 3.63) is 29.6 Å². The number of carbonyl (C=O) groups is 2. The fourth-order valence-corrected chi connectivity index (χ4v) is 2.19. The lowest BCUT2D eigenvalue weighted by atomic mass is 10.1. The van der Waals surface area contributed by atoms with Gasteiger partial charge in [0.2, 0.25) is 5.91 Å². The summed E-state index contributed by atoms with van der Waals surface area (Å²) >= 11 is 1.24. The van der Waals surface area contributed by atoms with E-state index in [4.69, 9.17) is 0 Å². The lowest BCUT2D eigenvalue weighted by molar-refractivity contribution is -0.118. The minimum Gasteiger partial charge on any atom is -0.354 e. The first-order valence-electron chi connectivity index (χ1n) is 6.31. The number of halogens is 2. The number of amides is 1. The highest BCUT2D eigenvalue weighted by Crippen LogP contribution is 2.21. The molecule has 0 aliphatic carbocycles. The fraction of sp³-hybridized carbons (Fsp3) is 0.429. The molecule has 4 nitrogen and oxygen atoms in total. The number of thioether (sulfide) groups is 1. The van der Waals surface area contributed by atoms with Crippen molar-refractivity contribution >= 4 is 35.9 Å². The van der Waals surface area contributed by atoms with Crippen LogP contribution in [0, 0.1) is 5.82 Å². The van der Waals surface area contributed by atoms with Crippen LogP contribution in [0.1, 0.15) is 24.2 Å². The molecule has 7 heteroatoms. The normalized spacial score (nSPS) is 11.4. The van der Waals surface area contributed by atoms with Crippen LogP contribution in [0.3, 0.4) is 0 Å². The minimum atomic E-state index is -0.549. The van der Waals surface area contributed by atoms with Gasteiger partial charge in [-0.1, -0.05) is 0 Å². The summed E-state index contributed by atoms with van der Waals surface area (Å²) in [6, 6.07) is 4.58. The number of likely N-dealkylation sites (N-methyl/N-ethyl adjacent to an activating group) is 1. The summed E-state index contributed by atoms with van der Waals surface area (Å²) in [6.45, 7) is 3.83. The zero-order chi connectivity index (χ0) is 15.1. The molecule has 1 amide bonds. The molecule has 0 saturated heterocycles. The number of hydrogen-bond donors (Lipinski definition) is 2. The van der Waals surface area contributed by atoms with Crippen LogP contribution in [-0.4, -0.2) is 37.1 Å². The van der Waals surface area contributed by atoms with Gasteiger partial charge in [-0.2, -0.15) is 0 Å². The molecule has 118 valence electrons. The van der Waals surface area contributed by atoms with Gasteiger partial charge >= 0.3 is 0 Å². The van der Waals surface area contributed by atoms with E-state index in [0.717, 1.165) is 0 Å². The van der Waals surface area contributed by atoms with E-state index in [1.54, 1.807) is 6.07 Å². The number of rotatable bonds is 7. The molecule has 1 rings (SSSR count). The number of benzene rings is 1. The van der Waals surface area contributed by atoms with Gasteiger partial charge in [0.25, 0.3) is 0 Å². The summed E-state index contributed by atoms with van der Waals surface area (Å²) in [5.74, 6) is -0.743. The number of hydrogen-bond acceptors (Lipinski definition) is 4. The highest BCUT2D eigenvalue weighted by atomic mass is 35.5. The summed E-state index contributed by atoms with van der Waals surface area (Å²) < 4.78 is 13.6. The van der Waals surface area contributed by atoms with Crippen molar-refractivity contribution in [2.45, 2.75) is 24.8 Å². The van der Waals surface area contributed by atoms with Crippen molar-refractivity contribution < 1.29 is 14.0 Å². The molecule has 0 aromatic heterocycles. The molecule has 1 unspecified atom stereocenters. The molecule has 1 aromatic rings. The molecule has 0 aliphatic rings. The van der Waals surface area contributed by atoms with Crippen molar-refractivity contribution in [1.82, 2.24) is 10.6 Å². The van der Waals surface area contributed by atoms with E-state index in [1.807, 2.05) is 14.0 Å². The van der Waals surface area contributed by atoms with E-state index in [0.29, 0.717) is 11.4 Å². The van der Waals surface area contributed by atoms with E-state index in [2.05, 4.69) is 10.6 Å². The summed E-state index contributed by atoms with van der Waals surface area (Å²) in [5.41, 5.74) is 0.0710. The van der Waals surface area contributed by atoms with E-state index >= 15 is 0 Å². The van der Waals surface area contributed by atoms with E-state index in [1.165, 1.54) is 30.8 Å². The first-order chi connectivity index (χ1) is 9.43. The molecule has 1 aromatic carbocycles. The second-order valence-electron chi connectivity index (χ2n) is 4.48. The van der Waals surface area contributed by atoms with Gasteiger partial charge in [-0.3, -0.25) is 9.59 Å². The van der Waals surface area contributed by atoms with E-state index in [-0.39, 0.29) is 41.5 Å². The Morgan fingerprint density at radius 3 is 2.57 bits per heavy atom. The second kappa shape index (κ2) is 9.76. The zero-order valence-corrected chi connectivity index (χ0v) is 13.9. The predicted molar refractivity (Wildman–Crippen MR) is 85.9 cm³/mol. The molecule has 0 heterocycles. The molecule has 0 saturated carbocycles. The molecular formula is C14H20ClFN2O2S. The Balaban J connectivity index is 0.00000400. The average molecular weight is 335 g/mol. The molecular weight excluding hydrogens is 315 g/mol. The van der Waals surface area contributed by atoms with Gasteiger partial charge < -0.3 is 10.6 Å². The third kappa shape index (κ3) is 6.93. The SMILES string of the molecule is CNC(C)CNC(=O)CSc1ccc(C(C)=O)c(F)c1.Cl. The number of carbonyl (C=O) groups excluding carboxylic acids is 2. The van der Waals surface area contributed by atoms with Gasteiger partial charge in [-0.25, -0.2) is 4.39 Å². The maximum atomic E-state index is 13.6. The smallest absolute Gasteiger partial charge is 0.230 e. The minimum absolute atomic E-state index is 0. The van der Waals surface area contributed by atoms with Gasteiger partial charge in [-0.05, 0) is 39.1 Å². The monoisotopic (exact) mass is 334 g/mol. The maximum Gasteiger partial charge on any atom is 0.230 e. The van der Waals surface area contributed by atoms with Crippen LogP contribution in [-0.2, 0) is 4.79 Å². The Kier molecular flexibility index (Phi) is 9.24. The summed E-state index contributed by atoms with van der Waals surface area (Å²) in [7, 11) is 1.82. The summed E-state index contributed by atoms with van der Waals surface area (Å²) in [4.78, 5) is 23.3. The maximum absolute atomic E-state index is 13.6. The van der Waals surface area contributed by atoms with Gasteiger partial charge in [-0.15, -0.1) is 24.2 Å². The Labute approximate surface area is 134 Å². The largest absolute Gasteiger partial charge is 0.354 e. The second-order valence-corrected chi connectivity index (χ2v) is 5.53. The molecule has 0 aliphatic heterocycles. The zero-order valence-electron chi connectivity index (χ0n) is 12.2. The Hall–Kier alpha value is -1.11. The lowest BCUT2D eigenvalue weighted by Crippen LogP contribution is -2.37. The number of nitrogens with one attached hydrogen (secondary N) is 2. The topological polar surface area (TPSA) is 58.2 Å². The van der Waals surface area contributed by atoms with Crippen LogP contribution < -0.4 is 10.6 Å². The molecule has 1 atom stereocenters. The lowest BCUT2D eigenvalue weighted by Gasteiger charge is -2.11. The number of Topliss-reactive ketones (excluding diaryl/α,β-unsaturated/α-hetero) is 1. The molecule has 0 spiro atoms. The first kappa shape index (κ1) is 19.9. The van der Waals surface area contributed by atoms with Crippen molar-refractivity contribution in [3.63, 3.8) is 0 Å². The van der Waals surface area contributed by atoms with Crippen LogP contribution in [0.15, 0.2) is 23.1 Å². The molecule has 2 N–H and O–H groups in total. The Bertz CT molecular complexity index is 500. The van der Waals surface area contributed by atoms with E-state index in [9.17, 15) is 14.0 Å². The number of ketones is 1. The highest BCUT2D eigenvalue weighted by Gasteiger charge is 2.09. The van der Waals surface area contributed by atoms with Gasteiger partial charge in [0.15, 0.2) is 5.78 Å². The molecule has 0 fully saturated rings. The summed E-state index contributed by atoms with van der Waals surface area (Å²) in [6.07, 6.45) is 0. The van der Waals surface area contributed by atoms with Crippen LogP contribution >= 0.6 is 24.2 Å². The molecule has 21 heavy (non-hydrogen) atoms. The van der Waals surface area contributed by atoms with Crippen molar-refractivity contribution in [2.24, 2.45) is 0 Å². The summed E-state index contributed by atoms with van der Waals surface area (Å²) in [5, 5.41) is 5.79. The van der Waals surface area contributed by atoms with Crippen LogP contribution in [0.2, 0.25) is 0 Å².